The van der Waals surface area contributed by atoms with E-state index in [-0.39, 0.29) is 12.0 Å². The fourth-order valence-electron chi connectivity index (χ4n) is 5.74. The summed E-state index contributed by atoms with van der Waals surface area (Å²) in [4.78, 5) is 48.4. The van der Waals surface area contributed by atoms with Gasteiger partial charge in [0.05, 0.1) is 36.4 Å². The van der Waals surface area contributed by atoms with Crippen LogP contribution in [0, 0.1) is 0 Å². The molecule has 1 aliphatic rings. The van der Waals surface area contributed by atoms with Gasteiger partial charge in [-0.25, -0.2) is 14.6 Å². The molecule has 0 bridgehead atoms. The molecule has 6 rings (SSSR count). The minimum absolute atomic E-state index is 0.250. The van der Waals surface area contributed by atoms with Crippen molar-refractivity contribution in [3.63, 3.8) is 0 Å². The minimum atomic E-state index is -1.06. The number of nitrogens with one attached hydrogen (secondary N) is 2. The number of carbonyl (C=O) groups excluding carboxylic acids is 3. The van der Waals surface area contributed by atoms with Crippen LogP contribution >= 0.6 is 11.3 Å². The Morgan fingerprint density at radius 1 is 1.02 bits per heavy atom. The van der Waals surface area contributed by atoms with Gasteiger partial charge in [-0.15, -0.1) is 11.3 Å². The van der Waals surface area contributed by atoms with Crippen LogP contribution in [0.2, 0.25) is 0 Å². The largest absolute Gasteiger partial charge is 0.497 e. The second-order valence-electron chi connectivity index (χ2n) is 10.9. The quantitative estimate of drug-likeness (QED) is 0.171. The highest BCUT2D eigenvalue weighted by atomic mass is 32.1. The summed E-state index contributed by atoms with van der Waals surface area (Å²) in [7, 11) is 2.94. The second kappa shape index (κ2) is 13.0. The Balaban J connectivity index is 1.18. The third-order valence-corrected chi connectivity index (χ3v) is 9.33. The fourth-order valence-corrected chi connectivity index (χ4v) is 7.05. The summed E-state index contributed by atoms with van der Waals surface area (Å²) in [6.45, 7) is 1.77. The summed E-state index contributed by atoms with van der Waals surface area (Å²) < 4.78 is 16.0. The zero-order valence-corrected chi connectivity index (χ0v) is 26.0. The maximum Gasteiger partial charge on any atom is 0.341 e. The van der Waals surface area contributed by atoms with Crippen LogP contribution in [0.15, 0.2) is 72.8 Å². The van der Waals surface area contributed by atoms with E-state index < -0.39 is 23.9 Å². The van der Waals surface area contributed by atoms with E-state index in [9.17, 15) is 14.4 Å². The predicted molar refractivity (Wildman–Crippen MR) is 173 cm³/mol. The fraction of sp³-hybridized carbons (Fsp3) is 0.257. The van der Waals surface area contributed by atoms with Crippen molar-refractivity contribution in [1.82, 2.24) is 9.97 Å². The standard InChI is InChI=1S/C35H33N3O6S/c1-4-28(44-34(40)23-13-17-26-27(18-23)37-31(36-26)21-10-14-24(42-2)15-11-21)32(39)38-33-30(35(41)43-3)25-16-12-22(19-29(25)45-33)20-8-6-5-7-9-20/h5-11,13-15,17-18,22,28H,4,12,16,19H2,1-3H3,(H,36,37)(H,38,39). The van der Waals surface area contributed by atoms with Gasteiger partial charge >= 0.3 is 11.9 Å². The van der Waals surface area contributed by atoms with Gasteiger partial charge in [0.2, 0.25) is 0 Å². The molecule has 2 atom stereocenters. The Morgan fingerprint density at radius 3 is 2.51 bits per heavy atom. The molecule has 1 amide bonds. The molecule has 0 aliphatic heterocycles. The third kappa shape index (κ3) is 6.19. The number of nitrogens with zero attached hydrogens (tertiary/aromatic N) is 1. The van der Waals surface area contributed by atoms with Gasteiger partial charge in [0.15, 0.2) is 6.10 Å². The van der Waals surface area contributed by atoms with Crippen LogP contribution < -0.4 is 10.1 Å². The van der Waals surface area contributed by atoms with Crippen LogP contribution in [-0.2, 0) is 27.1 Å². The molecule has 0 spiro atoms. The van der Waals surface area contributed by atoms with Crippen molar-refractivity contribution in [2.24, 2.45) is 0 Å². The van der Waals surface area contributed by atoms with E-state index in [4.69, 9.17) is 14.2 Å². The summed E-state index contributed by atoms with van der Waals surface area (Å²) >= 11 is 1.39. The van der Waals surface area contributed by atoms with E-state index >= 15 is 0 Å². The van der Waals surface area contributed by atoms with Crippen LogP contribution in [0.3, 0.4) is 0 Å². The van der Waals surface area contributed by atoms with E-state index in [0.29, 0.717) is 39.8 Å². The molecule has 9 nitrogen and oxygen atoms in total. The Labute approximate surface area is 264 Å². The Morgan fingerprint density at radius 2 is 1.80 bits per heavy atom. The van der Waals surface area contributed by atoms with Gasteiger partial charge in [-0.3, -0.25) is 4.79 Å². The lowest BCUT2D eigenvalue weighted by Crippen LogP contribution is -2.32. The molecule has 2 aromatic heterocycles. The van der Waals surface area contributed by atoms with Crippen molar-refractivity contribution >= 4 is 45.2 Å². The van der Waals surface area contributed by atoms with Crippen LogP contribution in [-0.4, -0.2) is 48.1 Å². The number of carbonyl (C=O) groups is 3. The lowest BCUT2D eigenvalue weighted by molar-refractivity contribution is -0.124. The lowest BCUT2D eigenvalue weighted by Gasteiger charge is -2.22. The average molecular weight is 624 g/mol. The van der Waals surface area contributed by atoms with Gasteiger partial charge < -0.3 is 24.5 Å². The number of amides is 1. The van der Waals surface area contributed by atoms with Crippen molar-refractivity contribution in [1.29, 1.82) is 0 Å². The summed E-state index contributed by atoms with van der Waals surface area (Å²) in [6, 6.07) is 22.8. The summed E-state index contributed by atoms with van der Waals surface area (Å²) in [5.74, 6) is 0.0935. The first-order valence-electron chi connectivity index (χ1n) is 14.8. The number of aromatic amines is 1. The molecule has 2 unspecified atom stereocenters. The number of rotatable bonds is 9. The van der Waals surface area contributed by atoms with Crippen LogP contribution in [0.4, 0.5) is 5.00 Å². The maximum absolute atomic E-state index is 13.4. The number of esters is 2. The smallest absolute Gasteiger partial charge is 0.341 e. The van der Waals surface area contributed by atoms with Gasteiger partial charge in [-0.05, 0) is 85.2 Å². The monoisotopic (exact) mass is 623 g/mol. The number of aromatic nitrogens is 2. The van der Waals surface area contributed by atoms with E-state index in [0.717, 1.165) is 34.6 Å². The highest BCUT2D eigenvalue weighted by molar-refractivity contribution is 7.17. The van der Waals surface area contributed by atoms with Crippen molar-refractivity contribution in [2.45, 2.75) is 44.6 Å². The highest BCUT2D eigenvalue weighted by Gasteiger charge is 2.32. The first-order chi connectivity index (χ1) is 21.9. The Kier molecular flexibility index (Phi) is 8.66. The van der Waals surface area contributed by atoms with Crippen LogP contribution in [0.5, 0.6) is 5.75 Å². The number of thiophene rings is 1. The number of fused-ring (bicyclic) bond motifs is 2. The molecule has 230 valence electrons. The summed E-state index contributed by atoms with van der Waals surface area (Å²) in [5.41, 5.74) is 5.06. The molecule has 0 saturated carbocycles. The molecule has 45 heavy (non-hydrogen) atoms. The zero-order chi connectivity index (χ0) is 31.5. The minimum Gasteiger partial charge on any atom is -0.497 e. The second-order valence-corrected chi connectivity index (χ2v) is 12.0. The average Bonchev–Trinajstić information content (AvgIpc) is 3.67. The van der Waals surface area contributed by atoms with Gasteiger partial charge in [0.1, 0.15) is 16.6 Å². The molecule has 5 aromatic rings. The molecule has 0 radical (unpaired) electrons. The van der Waals surface area contributed by atoms with E-state index in [1.807, 2.05) is 42.5 Å². The summed E-state index contributed by atoms with van der Waals surface area (Å²) in [6.07, 6.45) is 1.55. The van der Waals surface area contributed by atoms with E-state index in [2.05, 4.69) is 27.4 Å². The zero-order valence-electron chi connectivity index (χ0n) is 25.2. The molecule has 0 saturated heterocycles. The molecule has 1 aliphatic carbocycles. The number of hydrogen-bond donors (Lipinski definition) is 2. The summed E-state index contributed by atoms with van der Waals surface area (Å²) in [5, 5.41) is 3.30. The number of ether oxygens (including phenoxy) is 3. The number of imidazole rings is 1. The van der Waals surface area contributed by atoms with E-state index in [1.54, 1.807) is 32.2 Å². The number of benzene rings is 3. The first-order valence-corrected chi connectivity index (χ1v) is 15.6. The molecule has 10 heteroatoms. The van der Waals surface area contributed by atoms with Gasteiger partial charge in [0.25, 0.3) is 5.91 Å². The molecular weight excluding hydrogens is 590 g/mol. The molecule has 2 N–H and O–H groups in total. The Bertz CT molecular complexity index is 1860. The normalized spacial score (nSPS) is 14.8. The van der Waals surface area contributed by atoms with Crippen LogP contribution in [0.1, 0.15) is 62.4 Å². The third-order valence-electron chi connectivity index (χ3n) is 8.16. The topological polar surface area (TPSA) is 120 Å². The number of H-pyrrole nitrogens is 1. The number of methoxy groups -OCH3 is 2. The SMILES string of the molecule is CCC(OC(=O)c1ccc2nc(-c3ccc(OC)cc3)[nH]c2c1)C(=O)Nc1sc2c(c1C(=O)OC)CCC(c1ccccc1)C2. The van der Waals surface area contributed by atoms with Crippen molar-refractivity contribution in [2.75, 3.05) is 19.5 Å². The van der Waals surface area contributed by atoms with Gasteiger partial charge in [0, 0.05) is 10.4 Å². The number of anilines is 1. The molecule has 3 aromatic carbocycles. The van der Waals surface area contributed by atoms with Gasteiger partial charge in [-0.2, -0.15) is 0 Å². The van der Waals surface area contributed by atoms with Crippen molar-refractivity contribution < 1.29 is 28.6 Å². The van der Waals surface area contributed by atoms with Gasteiger partial charge in [-0.1, -0.05) is 37.3 Å². The molecule has 0 fully saturated rings. The van der Waals surface area contributed by atoms with Crippen LogP contribution in [0.25, 0.3) is 22.4 Å². The highest BCUT2D eigenvalue weighted by Crippen LogP contribution is 2.43. The lowest BCUT2D eigenvalue weighted by atomic mass is 9.83. The van der Waals surface area contributed by atoms with Crippen molar-refractivity contribution in [3.05, 3.63) is 99.9 Å². The first kappa shape index (κ1) is 30.1. The maximum atomic E-state index is 13.4. The van der Waals surface area contributed by atoms with E-state index in [1.165, 1.54) is 24.0 Å². The number of hydrogen-bond acceptors (Lipinski definition) is 8. The van der Waals surface area contributed by atoms with Crippen molar-refractivity contribution in [3.8, 4) is 17.1 Å². The Hall–Kier alpha value is -4.96. The molecular formula is C35H33N3O6S. The molecule has 2 heterocycles. The predicted octanol–water partition coefficient (Wildman–Crippen LogP) is 6.93.